The van der Waals surface area contributed by atoms with Crippen molar-refractivity contribution < 1.29 is 4.57 Å². The third-order valence-corrected chi connectivity index (χ3v) is 7.52. The van der Waals surface area contributed by atoms with Gasteiger partial charge in [-0.3, -0.25) is 0 Å². The Labute approximate surface area is 144 Å². The van der Waals surface area contributed by atoms with E-state index < -0.39 is 7.14 Å². The van der Waals surface area contributed by atoms with Gasteiger partial charge < -0.3 is 14.4 Å². The van der Waals surface area contributed by atoms with Crippen LogP contribution in [0.4, 0.5) is 0 Å². The minimum atomic E-state index is -2.87. The van der Waals surface area contributed by atoms with Gasteiger partial charge in [0.2, 0.25) is 0 Å². The topological polar surface area (TPSA) is 23.6 Å². The van der Waals surface area contributed by atoms with Gasteiger partial charge in [-0.25, -0.2) is 0 Å². The molecule has 0 radical (unpaired) electrons. The highest BCUT2D eigenvalue weighted by molar-refractivity contribution is 7.81. The number of nitrogens with zero attached hydrogens (tertiary/aromatic N) is 2. The maximum atomic E-state index is 14.1. The van der Waals surface area contributed by atoms with E-state index in [9.17, 15) is 4.57 Å². The smallest absolute Gasteiger partial charge is 0.167 e. The molecule has 0 unspecified atom stereocenters. The van der Waals surface area contributed by atoms with Gasteiger partial charge in [-0.1, -0.05) is 60.7 Å². The second kappa shape index (κ2) is 6.33. The number of benzene rings is 2. The molecular formula is C20H23N2OP. The standard InChI is InChI=1S/C20H23N2OP/c1-16-17(2)22(4)20(21(16)3)15-24(23,18-11-7-5-8-12-18)19-13-9-6-10-14-19/h5-15H,1-4H3. The maximum Gasteiger partial charge on any atom is 0.167 e. The predicted molar refractivity (Wildman–Crippen MR) is 102 cm³/mol. The molecule has 0 spiro atoms. The molecule has 1 aliphatic rings. The normalized spacial score (nSPS) is 15.2. The zero-order valence-corrected chi connectivity index (χ0v) is 15.5. The van der Waals surface area contributed by atoms with E-state index in [-0.39, 0.29) is 0 Å². The van der Waals surface area contributed by atoms with Gasteiger partial charge in [0.15, 0.2) is 7.14 Å². The average Bonchev–Trinajstić information content (AvgIpc) is 2.81. The summed E-state index contributed by atoms with van der Waals surface area (Å²) in [6.07, 6.45) is 0. The Morgan fingerprint density at radius 3 is 1.50 bits per heavy atom. The predicted octanol–water partition coefficient (Wildman–Crippen LogP) is 3.93. The Bertz CT molecular complexity index is 777. The Morgan fingerprint density at radius 1 is 0.750 bits per heavy atom. The molecular weight excluding hydrogens is 315 g/mol. The van der Waals surface area contributed by atoms with Crippen molar-refractivity contribution in [1.29, 1.82) is 0 Å². The summed E-state index contributed by atoms with van der Waals surface area (Å²) in [6, 6.07) is 19.5. The Hall–Kier alpha value is -2.25. The van der Waals surface area contributed by atoms with Crippen LogP contribution in [0.25, 0.3) is 0 Å². The summed E-state index contributed by atoms with van der Waals surface area (Å²) in [5.74, 6) is 2.90. The molecule has 0 fully saturated rings. The molecule has 24 heavy (non-hydrogen) atoms. The number of allylic oxidation sites excluding steroid dienone is 2. The highest BCUT2D eigenvalue weighted by Crippen LogP contribution is 2.48. The van der Waals surface area contributed by atoms with Crippen LogP contribution in [0.3, 0.4) is 0 Å². The molecule has 1 heterocycles. The molecule has 1 aliphatic heterocycles. The molecule has 2 aromatic carbocycles. The molecule has 3 rings (SSSR count). The maximum absolute atomic E-state index is 14.1. The summed E-state index contributed by atoms with van der Waals surface area (Å²) < 4.78 is 14.1. The van der Waals surface area contributed by atoms with Crippen molar-refractivity contribution >= 4 is 17.8 Å². The summed E-state index contributed by atoms with van der Waals surface area (Å²) >= 11 is 0. The third-order valence-electron chi connectivity index (χ3n) is 4.79. The van der Waals surface area contributed by atoms with Crippen LogP contribution < -0.4 is 10.6 Å². The van der Waals surface area contributed by atoms with Crippen LogP contribution in [-0.4, -0.2) is 23.9 Å². The Balaban J connectivity index is 2.19. The van der Waals surface area contributed by atoms with Crippen molar-refractivity contribution in [2.24, 2.45) is 0 Å². The van der Waals surface area contributed by atoms with Gasteiger partial charge in [0.05, 0.1) is 0 Å². The first-order valence-electron chi connectivity index (χ1n) is 8.04. The van der Waals surface area contributed by atoms with Crippen LogP contribution in [0.1, 0.15) is 13.8 Å². The van der Waals surface area contributed by atoms with E-state index in [0.717, 1.165) is 16.4 Å². The third kappa shape index (κ3) is 2.70. The summed E-state index contributed by atoms with van der Waals surface area (Å²) in [5.41, 5.74) is 2.35. The highest BCUT2D eigenvalue weighted by Gasteiger charge is 2.31. The molecule has 0 aliphatic carbocycles. The lowest BCUT2D eigenvalue weighted by Crippen LogP contribution is -2.21. The fourth-order valence-corrected chi connectivity index (χ4v) is 5.48. The first-order valence-corrected chi connectivity index (χ1v) is 9.81. The fraction of sp³-hybridized carbons (Fsp3) is 0.200. The summed E-state index contributed by atoms with van der Waals surface area (Å²) in [6.45, 7) is 4.17. The number of hydrogen-bond acceptors (Lipinski definition) is 3. The van der Waals surface area contributed by atoms with Gasteiger partial charge in [-0.2, -0.15) is 0 Å². The summed E-state index contributed by atoms with van der Waals surface area (Å²) in [7, 11) is 1.17. The molecule has 2 aromatic rings. The molecule has 0 aromatic heterocycles. The van der Waals surface area contributed by atoms with Gasteiger partial charge in [0.1, 0.15) is 5.82 Å². The highest BCUT2D eigenvalue weighted by atomic mass is 31.2. The molecule has 0 N–H and O–H groups in total. The van der Waals surface area contributed by atoms with Gasteiger partial charge in [0.25, 0.3) is 0 Å². The lowest BCUT2D eigenvalue weighted by molar-refractivity contribution is 0.423. The molecule has 0 amide bonds. The van der Waals surface area contributed by atoms with E-state index in [1.54, 1.807) is 0 Å². The summed E-state index contributed by atoms with van der Waals surface area (Å²) in [4.78, 5) is 4.21. The molecule has 0 saturated carbocycles. The summed E-state index contributed by atoms with van der Waals surface area (Å²) in [5, 5.41) is 1.71. The first-order chi connectivity index (χ1) is 11.4. The molecule has 0 atom stereocenters. The molecule has 4 heteroatoms. The zero-order chi connectivity index (χ0) is 17.3. The second-order valence-electron chi connectivity index (χ2n) is 6.11. The van der Waals surface area contributed by atoms with Gasteiger partial charge in [-0.05, 0) is 13.8 Å². The van der Waals surface area contributed by atoms with Crippen molar-refractivity contribution in [1.82, 2.24) is 9.80 Å². The van der Waals surface area contributed by atoms with Crippen molar-refractivity contribution in [2.45, 2.75) is 13.8 Å². The van der Waals surface area contributed by atoms with Crippen LogP contribution >= 0.6 is 7.14 Å². The van der Waals surface area contributed by atoms with E-state index in [2.05, 4.69) is 23.6 Å². The van der Waals surface area contributed by atoms with Gasteiger partial charge in [-0.15, -0.1) is 0 Å². The van der Waals surface area contributed by atoms with Crippen LogP contribution in [0.15, 0.2) is 83.7 Å². The van der Waals surface area contributed by atoms with Gasteiger partial charge >= 0.3 is 0 Å². The molecule has 0 bridgehead atoms. The van der Waals surface area contributed by atoms with Crippen LogP contribution in [0.2, 0.25) is 0 Å². The number of rotatable bonds is 3. The number of hydrogen-bond donors (Lipinski definition) is 0. The second-order valence-corrected chi connectivity index (χ2v) is 8.71. The minimum absolute atomic E-state index is 0.854. The monoisotopic (exact) mass is 338 g/mol. The van der Waals surface area contributed by atoms with Crippen molar-refractivity contribution in [3.63, 3.8) is 0 Å². The zero-order valence-electron chi connectivity index (χ0n) is 14.6. The van der Waals surface area contributed by atoms with Crippen molar-refractivity contribution in [2.75, 3.05) is 14.1 Å². The average molecular weight is 338 g/mol. The van der Waals surface area contributed by atoms with Gasteiger partial charge in [0, 0.05) is 41.9 Å². The SMILES string of the molecule is CC1=C(C)N(C)C(=CP(=O)(c2ccccc2)c2ccccc2)N1C. The van der Waals surface area contributed by atoms with Crippen molar-refractivity contribution in [3.8, 4) is 0 Å². The lowest BCUT2D eigenvalue weighted by atomic mass is 10.4. The molecule has 124 valence electrons. The quantitative estimate of drug-likeness (QED) is 0.793. The Morgan fingerprint density at radius 2 is 1.12 bits per heavy atom. The molecule has 0 saturated heterocycles. The first kappa shape index (κ1) is 16.6. The molecule has 3 nitrogen and oxygen atoms in total. The Kier molecular flexibility index (Phi) is 4.38. The van der Waals surface area contributed by atoms with E-state index in [0.29, 0.717) is 0 Å². The van der Waals surface area contributed by atoms with Crippen LogP contribution in [-0.2, 0) is 4.57 Å². The van der Waals surface area contributed by atoms with E-state index in [1.165, 1.54) is 11.4 Å². The van der Waals surface area contributed by atoms with Crippen LogP contribution in [0.5, 0.6) is 0 Å². The minimum Gasteiger partial charge on any atom is -0.333 e. The van der Waals surface area contributed by atoms with E-state index in [1.807, 2.05) is 80.6 Å². The van der Waals surface area contributed by atoms with E-state index >= 15 is 0 Å². The van der Waals surface area contributed by atoms with Crippen LogP contribution in [0, 0.1) is 0 Å². The lowest BCUT2D eigenvalue weighted by Gasteiger charge is -2.24. The van der Waals surface area contributed by atoms with Crippen molar-refractivity contribution in [3.05, 3.63) is 83.7 Å². The fourth-order valence-electron chi connectivity index (χ4n) is 2.99. The largest absolute Gasteiger partial charge is 0.333 e. The van der Waals surface area contributed by atoms with E-state index in [4.69, 9.17) is 0 Å².